The number of hydrogen-bond donors (Lipinski definition) is 2. The zero-order valence-electron chi connectivity index (χ0n) is 15.7. The Kier molecular flexibility index (Phi) is 5.94. The maximum atomic E-state index is 13.4. The minimum absolute atomic E-state index is 0.00371. The second-order valence-corrected chi connectivity index (χ2v) is 7.54. The first-order valence-corrected chi connectivity index (χ1v) is 9.68. The minimum Gasteiger partial charge on any atom is -0.480 e. The molecule has 0 radical (unpaired) electrons. The van der Waals surface area contributed by atoms with Crippen molar-refractivity contribution in [1.82, 2.24) is 5.32 Å². The van der Waals surface area contributed by atoms with E-state index < -0.39 is 17.4 Å². The number of hydrogen-bond acceptors (Lipinski definition) is 2. The van der Waals surface area contributed by atoms with E-state index in [-0.39, 0.29) is 11.8 Å². The molecule has 2 aromatic rings. The van der Waals surface area contributed by atoms with E-state index in [0.29, 0.717) is 0 Å². The average molecular weight is 365 g/mol. The van der Waals surface area contributed by atoms with Gasteiger partial charge in [-0.15, -0.1) is 0 Å². The molecule has 0 spiro atoms. The normalized spacial score (nSPS) is 16.5. The van der Waals surface area contributed by atoms with Crippen LogP contribution in [-0.4, -0.2) is 23.0 Å². The van der Waals surface area contributed by atoms with Gasteiger partial charge >= 0.3 is 5.97 Å². The Balaban J connectivity index is 1.94. The van der Waals surface area contributed by atoms with E-state index in [1.165, 1.54) is 0 Å². The summed E-state index contributed by atoms with van der Waals surface area (Å²) in [6.45, 7) is 1.87. The molecule has 0 aliphatic heterocycles. The van der Waals surface area contributed by atoms with Crippen molar-refractivity contribution in [2.75, 3.05) is 0 Å². The maximum absolute atomic E-state index is 13.4. The molecule has 1 atom stereocenters. The van der Waals surface area contributed by atoms with Gasteiger partial charge in [-0.25, -0.2) is 4.79 Å². The minimum atomic E-state index is -0.953. The number of benzene rings is 2. The van der Waals surface area contributed by atoms with Gasteiger partial charge in [0.15, 0.2) is 0 Å². The third-order valence-corrected chi connectivity index (χ3v) is 5.83. The zero-order chi connectivity index (χ0) is 19.3. The van der Waals surface area contributed by atoms with Gasteiger partial charge in [-0.3, -0.25) is 4.79 Å². The van der Waals surface area contributed by atoms with E-state index in [0.717, 1.165) is 43.2 Å². The van der Waals surface area contributed by atoms with Crippen LogP contribution in [0.4, 0.5) is 0 Å². The number of carbonyl (C=O) groups excluding carboxylic acids is 1. The van der Waals surface area contributed by atoms with Gasteiger partial charge in [0.05, 0.1) is 5.41 Å². The molecule has 0 aromatic heterocycles. The van der Waals surface area contributed by atoms with Crippen molar-refractivity contribution in [3.8, 4) is 0 Å². The summed E-state index contributed by atoms with van der Waals surface area (Å²) in [5.41, 5.74) is 0.744. The fourth-order valence-corrected chi connectivity index (χ4v) is 4.11. The molecule has 1 aliphatic rings. The molecule has 0 bridgehead atoms. The lowest BCUT2D eigenvalue weighted by Crippen LogP contribution is -2.53. The van der Waals surface area contributed by atoms with Crippen LogP contribution in [0.5, 0.6) is 0 Å². The van der Waals surface area contributed by atoms with Gasteiger partial charge in [-0.05, 0) is 36.8 Å². The van der Waals surface area contributed by atoms with Gasteiger partial charge in [0.1, 0.15) is 6.04 Å². The highest BCUT2D eigenvalue weighted by Gasteiger charge is 2.40. The van der Waals surface area contributed by atoms with Crippen LogP contribution in [0.2, 0.25) is 0 Å². The van der Waals surface area contributed by atoms with E-state index >= 15 is 0 Å². The zero-order valence-corrected chi connectivity index (χ0v) is 15.7. The Morgan fingerprint density at radius 3 is 1.85 bits per heavy atom. The van der Waals surface area contributed by atoms with Crippen molar-refractivity contribution in [2.24, 2.45) is 5.92 Å². The largest absolute Gasteiger partial charge is 0.480 e. The van der Waals surface area contributed by atoms with Gasteiger partial charge in [0.2, 0.25) is 5.91 Å². The number of carbonyl (C=O) groups is 2. The third-order valence-electron chi connectivity index (χ3n) is 5.83. The highest BCUT2D eigenvalue weighted by atomic mass is 16.4. The lowest BCUT2D eigenvalue weighted by molar-refractivity contribution is -0.144. The van der Waals surface area contributed by atoms with E-state index in [1.807, 2.05) is 67.6 Å². The first-order valence-electron chi connectivity index (χ1n) is 9.68. The third kappa shape index (κ3) is 4.05. The number of aliphatic carboxylic acids is 1. The molecule has 142 valence electrons. The molecule has 1 fully saturated rings. The van der Waals surface area contributed by atoms with Crippen LogP contribution in [0.25, 0.3) is 0 Å². The summed E-state index contributed by atoms with van der Waals surface area (Å²) < 4.78 is 0. The smallest absolute Gasteiger partial charge is 0.326 e. The van der Waals surface area contributed by atoms with Gasteiger partial charge in [-0.2, -0.15) is 0 Å². The van der Waals surface area contributed by atoms with E-state index in [4.69, 9.17) is 0 Å². The number of amides is 1. The molecular weight excluding hydrogens is 338 g/mol. The van der Waals surface area contributed by atoms with Gasteiger partial charge in [0, 0.05) is 0 Å². The Hall–Kier alpha value is -2.62. The molecule has 2 N–H and O–H groups in total. The van der Waals surface area contributed by atoms with Crippen LogP contribution in [-0.2, 0) is 15.0 Å². The Morgan fingerprint density at radius 2 is 1.41 bits per heavy atom. The second kappa shape index (κ2) is 8.38. The first kappa shape index (κ1) is 19.2. The molecule has 0 unspecified atom stereocenters. The van der Waals surface area contributed by atoms with Crippen LogP contribution in [0.3, 0.4) is 0 Å². The molecule has 1 saturated carbocycles. The molecule has 2 aromatic carbocycles. The van der Waals surface area contributed by atoms with Crippen molar-refractivity contribution in [1.29, 1.82) is 0 Å². The maximum Gasteiger partial charge on any atom is 0.326 e. The standard InChI is InChI=1S/C23H27NO3/c1-23(18-13-7-3-8-14-18,19-15-9-4-10-16-19)22(27)24-20(21(25)26)17-11-5-2-6-12-17/h3-4,7-10,13-17,20H,2,5-6,11-12H2,1H3,(H,24,27)(H,25,26)/t20-/m0/s1. The van der Waals surface area contributed by atoms with Gasteiger partial charge < -0.3 is 10.4 Å². The Bertz CT molecular complexity index is 727. The lowest BCUT2D eigenvalue weighted by atomic mass is 9.74. The highest BCUT2D eigenvalue weighted by molar-refractivity contribution is 5.94. The molecule has 1 amide bonds. The second-order valence-electron chi connectivity index (χ2n) is 7.54. The van der Waals surface area contributed by atoms with Crippen LogP contribution < -0.4 is 5.32 Å². The molecular formula is C23H27NO3. The summed E-state index contributed by atoms with van der Waals surface area (Å²) >= 11 is 0. The lowest BCUT2D eigenvalue weighted by Gasteiger charge is -2.34. The monoisotopic (exact) mass is 365 g/mol. The summed E-state index contributed by atoms with van der Waals surface area (Å²) in [4.78, 5) is 25.4. The van der Waals surface area contributed by atoms with E-state index in [1.54, 1.807) is 0 Å². The first-order chi connectivity index (χ1) is 13.0. The predicted molar refractivity (Wildman–Crippen MR) is 105 cm³/mol. The van der Waals surface area contributed by atoms with E-state index in [2.05, 4.69) is 5.32 Å². The van der Waals surface area contributed by atoms with E-state index in [9.17, 15) is 14.7 Å². The summed E-state index contributed by atoms with van der Waals surface area (Å²) in [6.07, 6.45) is 4.90. The van der Waals surface area contributed by atoms with Crippen molar-refractivity contribution < 1.29 is 14.7 Å². The molecule has 3 rings (SSSR count). The van der Waals surface area contributed by atoms with Crippen LogP contribution >= 0.6 is 0 Å². The fraction of sp³-hybridized carbons (Fsp3) is 0.391. The summed E-state index contributed by atoms with van der Waals surface area (Å²) in [5.74, 6) is -1.22. The predicted octanol–water partition coefficient (Wildman–Crippen LogP) is 4.14. The molecule has 0 saturated heterocycles. The Labute approximate surface area is 160 Å². The number of carboxylic acids is 1. The molecule has 4 nitrogen and oxygen atoms in total. The summed E-state index contributed by atoms with van der Waals surface area (Å²) in [5, 5.41) is 12.7. The highest BCUT2D eigenvalue weighted by Crippen LogP contribution is 2.33. The molecule has 0 heterocycles. The summed E-state index contributed by atoms with van der Waals surface area (Å²) in [7, 11) is 0. The van der Waals surface area contributed by atoms with Crippen molar-refractivity contribution in [3.63, 3.8) is 0 Å². The average Bonchev–Trinajstić information content (AvgIpc) is 2.73. The summed E-state index contributed by atoms with van der Waals surface area (Å²) in [6, 6.07) is 18.3. The van der Waals surface area contributed by atoms with Gasteiger partial charge in [-0.1, -0.05) is 79.9 Å². The number of carboxylic acid groups (broad SMARTS) is 1. The van der Waals surface area contributed by atoms with Crippen LogP contribution in [0.15, 0.2) is 60.7 Å². The van der Waals surface area contributed by atoms with Crippen LogP contribution in [0.1, 0.15) is 50.2 Å². The van der Waals surface area contributed by atoms with Gasteiger partial charge in [0.25, 0.3) is 0 Å². The van der Waals surface area contributed by atoms with Crippen molar-refractivity contribution in [3.05, 3.63) is 71.8 Å². The van der Waals surface area contributed by atoms with Crippen molar-refractivity contribution >= 4 is 11.9 Å². The van der Waals surface area contributed by atoms with Crippen LogP contribution in [0, 0.1) is 5.92 Å². The molecule has 4 heteroatoms. The van der Waals surface area contributed by atoms with Crippen molar-refractivity contribution in [2.45, 2.75) is 50.5 Å². The topological polar surface area (TPSA) is 66.4 Å². The fourth-order valence-electron chi connectivity index (χ4n) is 4.11. The quantitative estimate of drug-likeness (QED) is 0.808. The number of rotatable bonds is 6. The Morgan fingerprint density at radius 1 is 0.926 bits per heavy atom. The molecule has 1 aliphatic carbocycles. The number of nitrogens with one attached hydrogen (secondary N) is 1. The SMILES string of the molecule is CC(C(=O)N[C@H](C(=O)O)C1CCCCC1)(c1ccccc1)c1ccccc1. The molecule has 27 heavy (non-hydrogen) atoms.